The minimum Gasteiger partial charge on any atom is -0.394 e. The molecule has 7 heterocycles. The molecule has 1 unspecified atom stereocenters. The molecular formula is C53H55CuN15O12S4. The van der Waals surface area contributed by atoms with E-state index in [1.165, 1.54) is 0 Å². The number of rotatable bonds is 14. The quantitative estimate of drug-likeness (QED) is 0.0510. The van der Waals surface area contributed by atoms with Crippen molar-refractivity contribution < 1.29 is 70.1 Å². The van der Waals surface area contributed by atoms with E-state index >= 15 is 0 Å². The van der Waals surface area contributed by atoms with Gasteiger partial charge in [0.2, 0.25) is 26.0 Å². The molecule has 6 N–H and O–H groups in total. The first kappa shape index (κ1) is 64.8. The predicted octanol–water partition coefficient (Wildman–Crippen LogP) is 3.94. The van der Waals surface area contributed by atoms with E-state index in [0.29, 0.717) is 63.8 Å². The van der Waals surface area contributed by atoms with Gasteiger partial charge in [-0.1, -0.05) is 86.6 Å². The second-order valence-electron chi connectivity index (χ2n) is 18.5. The van der Waals surface area contributed by atoms with E-state index in [4.69, 9.17) is 50.1 Å². The zero-order valence-corrected chi connectivity index (χ0v) is 50.2. The van der Waals surface area contributed by atoms with E-state index in [9.17, 15) is 42.8 Å². The maximum absolute atomic E-state index is 11.7. The molecular weight excluding hydrogens is 1230 g/mol. The molecule has 2 aliphatic rings. The van der Waals surface area contributed by atoms with Crippen molar-refractivity contribution in [2.45, 2.75) is 49.0 Å². The van der Waals surface area contributed by atoms with Crippen LogP contribution in [0.1, 0.15) is 37.5 Å². The average Bonchev–Trinajstić information content (AvgIpc) is 1.99. The van der Waals surface area contributed by atoms with Gasteiger partial charge in [-0.2, -0.15) is 26.8 Å². The van der Waals surface area contributed by atoms with Crippen molar-refractivity contribution in [3.8, 4) is 45.7 Å². The van der Waals surface area contributed by atoms with Crippen molar-refractivity contribution >= 4 is 90.4 Å². The Morgan fingerprint density at radius 1 is 0.565 bits per heavy atom. The molecule has 85 heavy (non-hydrogen) atoms. The van der Waals surface area contributed by atoms with E-state index in [2.05, 4.69) is 24.7 Å². The first-order valence-corrected chi connectivity index (χ1v) is 32.1. The number of aryl methyl sites for hydroxylation is 1. The van der Waals surface area contributed by atoms with Crippen molar-refractivity contribution in [3.63, 3.8) is 0 Å². The van der Waals surface area contributed by atoms with Crippen LogP contribution in [0.15, 0.2) is 119 Å². The van der Waals surface area contributed by atoms with Crippen LogP contribution in [-0.2, 0) is 70.2 Å². The Balaban J connectivity index is 0.000000207. The van der Waals surface area contributed by atoms with Gasteiger partial charge in [0.05, 0.1) is 52.5 Å². The van der Waals surface area contributed by atoms with Crippen LogP contribution in [0.4, 0.5) is 5.95 Å². The Morgan fingerprint density at radius 3 is 1.52 bits per heavy atom. The van der Waals surface area contributed by atoms with Crippen LogP contribution in [0.2, 0.25) is 0 Å². The molecule has 11 rings (SSSR count). The second-order valence-corrected chi connectivity index (χ2v) is 25.0. The summed E-state index contributed by atoms with van der Waals surface area (Å²) < 4.78 is 113. The largest absolute Gasteiger partial charge is 2.00 e. The maximum Gasteiger partial charge on any atom is 2.00 e. The van der Waals surface area contributed by atoms with Gasteiger partial charge in [0.15, 0.2) is 0 Å². The summed E-state index contributed by atoms with van der Waals surface area (Å²) in [6.45, 7) is 3.57. The van der Waals surface area contributed by atoms with Crippen LogP contribution < -0.4 is 24.3 Å². The fourth-order valence-electron chi connectivity index (χ4n) is 8.27. The first-order valence-electron chi connectivity index (χ1n) is 25.4. The number of pyridine rings is 1. The van der Waals surface area contributed by atoms with Gasteiger partial charge in [0.1, 0.15) is 23.2 Å². The van der Waals surface area contributed by atoms with Crippen LogP contribution in [0.3, 0.4) is 0 Å². The fourth-order valence-corrected chi connectivity index (χ4v) is 10.5. The SMILES string of the molecule is CC.CN(C)c1nc(CCCNS(C)(=O)=O)nc(Cc2cc(S(=O)(=O)O)ccc2S(=O)(=O)O)n1.CS(=O)(=O)NCC(O)CO.[Cu+2].c1ccc2c(c1)-c1nc-2nc2[n-]c(nc3nc(nc4[n-]c(n1)c1ccccc41)-c1cccnc1-3)c1ccccc21. The number of sulfonamides is 2. The molecule has 5 aromatic heterocycles. The van der Waals surface area contributed by atoms with Gasteiger partial charge < -0.3 is 45.0 Å². The number of aromatic nitrogens is 12. The number of fused-ring (bicyclic) bond motifs is 20. The topological polar surface area (TPSA) is 402 Å². The summed E-state index contributed by atoms with van der Waals surface area (Å²) in [6.07, 6.45) is 3.07. The van der Waals surface area contributed by atoms with Crippen molar-refractivity contribution in [1.82, 2.24) is 69.3 Å². The van der Waals surface area contributed by atoms with Gasteiger partial charge in [-0.3, -0.25) is 14.1 Å². The molecule has 0 saturated carbocycles. The van der Waals surface area contributed by atoms with Crippen molar-refractivity contribution in [2.75, 3.05) is 51.2 Å². The number of hydrogen-bond acceptors (Lipinski definition) is 21. The molecule has 8 bridgehead atoms. The van der Waals surface area contributed by atoms with Crippen LogP contribution >= 0.6 is 0 Å². The Kier molecular flexibility index (Phi) is 20.7. The number of aliphatic hydroxyl groups excluding tert-OH is 2. The van der Waals surface area contributed by atoms with E-state index in [-0.39, 0.29) is 60.3 Å². The molecule has 4 aromatic carbocycles. The smallest absolute Gasteiger partial charge is 0.394 e. The van der Waals surface area contributed by atoms with Crippen molar-refractivity contribution in [3.05, 3.63) is 127 Å². The van der Waals surface area contributed by atoms with E-state index in [0.717, 1.165) is 68.9 Å². The molecule has 449 valence electrons. The van der Waals surface area contributed by atoms with E-state index < -0.39 is 62.8 Å². The number of nitrogens with one attached hydrogen (secondary N) is 2. The summed E-state index contributed by atoms with van der Waals surface area (Å²) in [6, 6.07) is 30.2. The van der Waals surface area contributed by atoms with E-state index in [1.54, 1.807) is 25.2 Å². The summed E-state index contributed by atoms with van der Waals surface area (Å²) in [5.41, 5.74) is 5.15. The molecule has 32 heteroatoms. The van der Waals surface area contributed by atoms with Crippen LogP contribution in [0, 0.1) is 0 Å². The van der Waals surface area contributed by atoms with Crippen LogP contribution in [0.5, 0.6) is 0 Å². The van der Waals surface area contributed by atoms with Crippen LogP contribution in [0.25, 0.3) is 89.8 Å². The number of aliphatic hydroxyl groups is 2. The summed E-state index contributed by atoms with van der Waals surface area (Å²) in [5.74, 6) is 2.62. The third kappa shape index (κ3) is 16.2. The monoisotopic (exact) mass is 1280 g/mol. The van der Waals surface area contributed by atoms with Crippen LogP contribution in [-0.4, -0.2) is 155 Å². The third-order valence-corrected chi connectivity index (χ3v) is 15.2. The zero-order chi connectivity index (χ0) is 60.7. The van der Waals surface area contributed by atoms with Crippen molar-refractivity contribution in [1.29, 1.82) is 0 Å². The average molecular weight is 1290 g/mol. The molecule has 0 amide bonds. The van der Waals surface area contributed by atoms with Gasteiger partial charge in [-0.05, 0) is 63.9 Å². The molecule has 27 nitrogen and oxygen atoms in total. The van der Waals surface area contributed by atoms with Gasteiger partial charge >= 0.3 is 17.1 Å². The Hall–Kier alpha value is -7.72. The standard InChI is InChI=1S/C31H15N9.C16H23N5O8S3.C4H11NO4S.C2H6.Cu/c1-2-9-17-16(8-1)24-33-25(17)35-27-20-12-5-6-13-21(20)29(37-27)39-31-23-22(14-7-15-32-23)30(40-31)38-28-19-11-4-3-10-18(19)26(34-24)36-28;1-21(2)16-19-14(5-4-8-17-30(3,22)23)18-15(20-16)10-11-9-12(31(24,25)26)6-7-13(11)32(27,28)29;1-10(8,9)5-2-4(7)3-6;1-2;/h1-15H;6-7,9,17H,4-5,8,10H2,1-3H3,(H,24,25,26)(H,27,28,29);4-7H,2-3H2,1H3;1-2H3;/q-2;;;;+2. The number of hydrogen-bond donors (Lipinski definition) is 6. The second kappa shape index (κ2) is 27.1. The van der Waals surface area contributed by atoms with E-state index in [1.807, 2.05) is 103 Å². The molecule has 9 aromatic rings. The molecule has 2 aliphatic heterocycles. The molecule has 0 spiro atoms. The summed E-state index contributed by atoms with van der Waals surface area (Å²) in [5, 5.41) is 20.4. The first-order chi connectivity index (χ1) is 39.8. The number of benzene rings is 4. The Labute approximate surface area is 499 Å². The maximum atomic E-state index is 11.7. The van der Waals surface area contributed by atoms with Gasteiger partial charge in [0, 0.05) is 85.5 Å². The molecule has 1 atom stereocenters. The predicted molar refractivity (Wildman–Crippen MR) is 313 cm³/mol. The summed E-state index contributed by atoms with van der Waals surface area (Å²) in [7, 11) is -12.6. The molecule has 0 aliphatic carbocycles. The van der Waals surface area contributed by atoms with Crippen molar-refractivity contribution in [2.24, 2.45) is 0 Å². The molecule has 1 radical (unpaired) electrons. The number of nitrogens with zero attached hydrogens (tertiary/aromatic N) is 13. The minimum absolute atomic E-state index is 0. The fraction of sp³-hybridized carbons (Fsp3) is 0.245. The van der Waals surface area contributed by atoms with Gasteiger partial charge in [-0.15, -0.1) is 0 Å². The normalized spacial score (nSPS) is 12.3. The Bertz CT molecular complexity index is 4280. The Morgan fingerprint density at radius 2 is 1.04 bits per heavy atom. The molecule has 0 fully saturated rings. The summed E-state index contributed by atoms with van der Waals surface area (Å²) >= 11 is 0. The minimum atomic E-state index is -4.71. The van der Waals surface area contributed by atoms with Gasteiger partial charge in [0.25, 0.3) is 20.2 Å². The summed E-state index contributed by atoms with van der Waals surface area (Å²) in [4.78, 5) is 56.8. The molecule has 0 saturated heterocycles. The number of anilines is 1. The zero-order valence-electron chi connectivity index (χ0n) is 46.0. The third-order valence-electron chi connectivity index (χ3n) is 12.0. The van der Waals surface area contributed by atoms with Gasteiger partial charge in [-0.25, -0.2) is 41.2 Å².